The van der Waals surface area contributed by atoms with Crippen LogP contribution in [0.15, 0.2) is 30.5 Å². The summed E-state index contributed by atoms with van der Waals surface area (Å²) in [6.07, 6.45) is 6.93. The van der Waals surface area contributed by atoms with Crippen LogP contribution in [-0.2, 0) is 22.4 Å². The topological polar surface area (TPSA) is 110 Å². The molecule has 0 saturated carbocycles. The number of piperidine rings is 2. The van der Waals surface area contributed by atoms with E-state index in [1.165, 1.54) is 7.11 Å². The van der Waals surface area contributed by atoms with Gasteiger partial charge in [-0.3, -0.25) is 14.4 Å². The van der Waals surface area contributed by atoms with Gasteiger partial charge in [-0.15, -0.1) is 0 Å². The molecular formula is C32H42N4O6. The lowest BCUT2D eigenvalue weighted by atomic mass is 9.77. The number of nitrogens with one attached hydrogen (secondary N) is 1. The van der Waals surface area contributed by atoms with Gasteiger partial charge in [-0.1, -0.05) is 6.07 Å². The molecule has 10 nitrogen and oxygen atoms in total. The fourth-order valence-electron chi connectivity index (χ4n) is 6.90. The summed E-state index contributed by atoms with van der Waals surface area (Å²) in [5.74, 6) is 2.24. The van der Waals surface area contributed by atoms with E-state index in [1.54, 1.807) is 32.5 Å². The van der Waals surface area contributed by atoms with Crippen molar-refractivity contribution in [1.82, 2.24) is 20.1 Å². The Morgan fingerprint density at radius 2 is 1.81 bits per heavy atom. The number of hydrogen-bond donors (Lipinski definition) is 1. The van der Waals surface area contributed by atoms with Crippen LogP contribution in [0.2, 0.25) is 0 Å². The van der Waals surface area contributed by atoms with Crippen LogP contribution in [0, 0.1) is 11.8 Å². The highest BCUT2D eigenvalue weighted by molar-refractivity contribution is 5.94. The second kappa shape index (κ2) is 13.4. The van der Waals surface area contributed by atoms with Crippen molar-refractivity contribution < 1.29 is 28.6 Å². The first kappa shape index (κ1) is 29.7. The van der Waals surface area contributed by atoms with E-state index in [9.17, 15) is 14.4 Å². The van der Waals surface area contributed by atoms with Gasteiger partial charge in [0, 0.05) is 62.9 Å². The minimum Gasteiger partial charge on any atom is -0.493 e. The van der Waals surface area contributed by atoms with Gasteiger partial charge in [0.15, 0.2) is 11.5 Å². The molecule has 2 saturated heterocycles. The van der Waals surface area contributed by atoms with Crippen LogP contribution in [0.4, 0.5) is 0 Å². The molecule has 10 heteroatoms. The smallest absolute Gasteiger partial charge is 0.254 e. The number of likely N-dealkylation sites (tertiary alicyclic amines) is 1. The Hall–Kier alpha value is -3.82. The fourth-order valence-corrected chi connectivity index (χ4v) is 6.90. The highest BCUT2D eigenvalue weighted by atomic mass is 16.5. The van der Waals surface area contributed by atoms with Crippen LogP contribution in [0.5, 0.6) is 17.4 Å². The number of benzene rings is 1. The molecule has 2 fully saturated rings. The molecule has 4 heterocycles. The van der Waals surface area contributed by atoms with Crippen molar-refractivity contribution in [2.45, 2.75) is 57.4 Å². The third-order valence-corrected chi connectivity index (χ3v) is 8.86. The van der Waals surface area contributed by atoms with E-state index in [4.69, 9.17) is 14.2 Å². The first-order valence-electron chi connectivity index (χ1n) is 15.0. The highest BCUT2D eigenvalue weighted by Crippen LogP contribution is 2.37. The van der Waals surface area contributed by atoms with E-state index >= 15 is 0 Å². The second-order valence-corrected chi connectivity index (χ2v) is 11.6. The molecule has 1 aromatic carbocycles. The Kier molecular flexibility index (Phi) is 9.49. The Morgan fingerprint density at radius 3 is 2.60 bits per heavy atom. The van der Waals surface area contributed by atoms with Gasteiger partial charge in [-0.2, -0.15) is 0 Å². The average molecular weight is 579 g/mol. The van der Waals surface area contributed by atoms with Gasteiger partial charge in [0.25, 0.3) is 5.91 Å². The number of nitrogens with zero attached hydrogens (tertiary/aromatic N) is 3. The molecule has 0 radical (unpaired) electrons. The Morgan fingerprint density at radius 1 is 0.952 bits per heavy atom. The van der Waals surface area contributed by atoms with Gasteiger partial charge in [0.05, 0.1) is 21.3 Å². The monoisotopic (exact) mass is 578 g/mol. The zero-order valence-corrected chi connectivity index (χ0v) is 24.9. The summed E-state index contributed by atoms with van der Waals surface area (Å²) in [5.41, 5.74) is 2.60. The number of amides is 3. The van der Waals surface area contributed by atoms with Crippen molar-refractivity contribution in [2.75, 3.05) is 47.5 Å². The number of pyridine rings is 1. The lowest BCUT2D eigenvalue weighted by Gasteiger charge is -2.51. The third kappa shape index (κ3) is 6.63. The fraction of sp³-hybridized carbons (Fsp3) is 0.562. The zero-order valence-electron chi connectivity index (χ0n) is 24.9. The number of ether oxygens (including phenoxy) is 3. The Labute approximate surface area is 247 Å². The van der Waals surface area contributed by atoms with Gasteiger partial charge in [0.2, 0.25) is 17.7 Å². The van der Waals surface area contributed by atoms with Crippen molar-refractivity contribution in [3.8, 4) is 17.4 Å². The summed E-state index contributed by atoms with van der Waals surface area (Å²) in [6.45, 7) is 2.40. The largest absolute Gasteiger partial charge is 0.493 e. The molecular weight excluding hydrogens is 536 g/mol. The van der Waals surface area contributed by atoms with E-state index in [-0.39, 0.29) is 35.6 Å². The quantitative estimate of drug-likeness (QED) is 0.593. The predicted octanol–water partition coefficient (Wildman–Crippen LogP) is 3.26. The van der Waals surface area contributed by atoms with Gasteiger partial charge >= 0.3 is 0 Å². The number of fused-ring (bicyclic) bond motifs is 6. The van der Waals surface area contributed by atoms with Crippen LogP contribution in [0.1, 0.15) is 60.0 Å². The summed E-state index contributed by atoms with van der Waals surface area (Å²) in [7, 11) is 4.79. The summed E-state index contributed by atoms with van der Waals surface area (Å²) in [6, 6.07) is 7.43. The first-order valence-corrected chi connectivity index (χ1v) is 15.0. The van der Waals surface area contributed by atoms with Crippen molar-refractivity contribution in [3.05, 3.63) is 47.2 Å². The Bertz CT molecular complexity index is 1300. The van der Waals surface area contributed by atoms with Crippen molar-refractivity contribution in [1.29, 1.82) is 0 Å². The molecule has 0 unspecified atom stereocenters. The van der Waals surface area contributed by atoms with Crippen molar-refractivity contribution >= 4 is 17.7 Å². The van der Waals surface area contributed by atoms with Gasteiger partial charge in [-0.25, -0.2) is 4.98 Å². The van der Waals surface area contributed by atoms with Crippen LogP contribution in [0.25, 0.3) is 0 Å². The van der Waals surface area contributed by atoms with Gasteiger partial charge in [0.1, 0.15) is 0 Å². The molecule has 1 N–H and O–H groups in total. The summed E-state index contributed by atoms with van der Waals surface area (Å²) >= 11 is 0. The van der Waals surface area contributed by atoms with Crippen LogP contribution in [-0.4, -0.2) is 86.1 Å². The minimum absolute atomic E-state index is 0.0157. The summed E-state index contributed by atoms with van der Waals surface area (Å²) < 4.78 is 16.5. The molecule has 226 valence electrons. The minimum atomic E-state index is -0.0398. The zero-order chi connectivity index (χ0) is 29.6. The molecule has 3 aliphatic rings. The third-order valence-electron chi connectivity index (χ3n) is 8.86. The molecule has 4 bridgehead atoms. The molecule has 3 amide bonds. The molecule has 0 spiro atoms. The number of carbonyl (C=O) groups is 3. The molecule has 42 heavy (non-hydrogen) atoms. The number of rotatable bonds is 4. The molecule has 0 aliphatic carbocycles. The molecule has 1 aromatic heterocycles. The van der Waals surface area contributed by atoms with Gasteiger partial charge in [-0.05, 0) is 73.6 Å². The maximum absolute atomic E-state index is 13.8. The van der Waals surface area contributed by atoms with E-state index in [2.05, 4.69) is 21.3 Å². The van der Waals surface area contributed by atoms with Crippen molar-refractivity contribution in [2.24, 2.45) is 11.8 Å². The lowest BCUT2D eigenvalue weighted by Crippen LogP contribution is -2.60. The van der Waals surface area contributed by atoms with E-state index in [1.807, 2.05) is 11.0 Å². The maximum Gasteiger partial charge on any atom is 0.254 e. The maximum atomic E-state index is 13.8. The number of aromatic nitrogens is 1. The number of methoxy groups -OCH3 is 3. The first-order chi connectivity index (χ1) is 20.4. The normalized spacial score (nSPS) is 23.5. The number of carbonyl (C=O) groups excluding carboxylic acids is 3. The molecule has 3 aliphatic heterocycles. The molecule has 2 aromatic rings. The molecule has 5 rings (SSSR count). The number of aryl methyl sites for hydroxylation is 2. The molecule has 3 atom stereocenters. The predicted molar refractivity (Wildman–Crippen MR) is 157 cm³/mol. The lowest BCUT2D eigenvalue weighted by molar-refractivity contribution is -0.140. The average Bonchev–Trinajstić information content (AvgIpc) is 3.01. The van der Waals surface area contributed by atoms with Gasteiger partial charge < -0.3 is 29.3 Å². The van der Waals surface area contributed by atoms with E-state index in [0.29, 0.717) is 74.8 Å². The highest BCUT2D eigenvalue weighted by Gasteiger charge is 2.43. The van der Waals surface area contributed by atoms with E-state index < -0.39 is 0 Å². The van der Waals surface area contributed by atoms with Crippen LogP contribution >= 0.6 is 0 Å². The van der Waals surface area contributed by atoms with E-state index in [0.717, 1.165) is 36.8 Å². The number of hydrogen-bond acceptors (Lipinski definition) is 7. The SMILES string of the molecule is COc1cc(C(=O)N2C[C@@H]3C[C@H](C2)[C@@H]2CCCC(=O)NCCCc4cc(cc(OC)c4OC)CCC(=O)N2C3)ccn1. The van der Waals surface area contributed by atoms with Crippen LogP contribution < -0.4 is 19.5 Å². The Balaban J connectivity index is 1.37. The second-order valence-electron chi connectivity index (χ2n) is 11.6. The standard InChI is InChI=1S/C32H42N4O6/c1-40-27-16-21-9-10-30(38)36-19-22-15-25(20-35(18-22)32(39)24-11-13-34-29(17-24)41-2)26(36)7-4-8-28(37)33-12-5-6-23(14-21)31(27)42-3/h11,13-14,16-17,22,25-26H,4-10,12,15,18-20H2,1-3H3,(H,33,37)/t22-,25+,26-/m0/s1. The van der Waals surface area contributed by atoms with Crippen molar-refractivity contribution in [3.63, 3.8) is 0 Å². The summed E-state index contributed by atoms with van der Waals surface area (Å²) in [4.78, 5) is 48.1. The van der Waals surface area contributed by atoms with Crippen LogP contribution in [0.3, 0.4) is 0 Å². The summed E-state index contributed by atoms with van der Waals surface area (Å²) in [5, 5.41) is 3.05.